The van der Waals surface area contributed by atoms with E-state index in [1.54, 1.807) is 19.9 Å². The summed E-state index contributed by atoms with van der Waals surface area (Å²) in [5.41, 5.74) is 0.725. The second-order valence-electron chi connectivity index (χ2n) is 3.95. The predicted octanol–water partition coefficient (Wildman–Crippen LogP) is 2.84. The topological polar surface area (TPSA) is 57.5 Å². The minimum atomic E-state index is -0.890. The molecule has 4 heteroatoms. The lowest BCUT2D eigenvalue weighted by Gasteiger charge is -2.23. The Morgan fingerprint density at radius 2 is 1.88 bits per heavy atom. The monoisotopic (exact) mass is 286 g/mol. The van der Waals surface area contributed by atoms with Gasteiger partial charge < -0.3 is 10.2 Å². The summed E-state index contributed by atoms with van der Waals surface area (Å²) < 4.78 is 0.798. The first kappa shape index (κ1) is 13.2. The minimum Gasteiger partial charge on any atom is -0.481 e. The van der Waals surface area contributed by atoms with Crippen LogP contribution < -0.4 is 0 Å². The third-order valence-corrected chi connectivity index (χ3v) is 3.62. The molecule has 0 aliphatic carbocycles. The first-order chi connectivity index (χ1) is 7.45. The van der Waals surface area contributed by atoms with Gasteiger partial charge in [-0.2, -0.15) is 0 Å². The molecule has 1 aromatic rings. The zero-order valence-corrected chi connectivity index (χ0v) is 10.8. The van der Waals surface area contributed by atoms with Crippen molar-refractivity contribution >= 4 is 21.9 Å². The van der Waals surface area contributed by atoms with E-state index < -0.39 is 18.0 Å². The molecule has 2 N–H and O–H groups in total. The van der Waals surface area contributed by atoms with Gasteiger partial charge in [0.15, 0.2) is 0 Å². The summed E-state index contributed by atoms with van der Waals surface area (Å²) in [4.78, 5) is 10.8. The van der Waals surface area contributed by atoms with Crippen molar-refractivity contribution in [3.05, 3.63) is 34.3 Å². The van der Waals surface area contributed by atoms with Crippen molar-refractivity contribution in [2.24, 2.45) is 11.8 Å². The highest BCUT2D eigenvalue weighted by atomic mass is 79.9. The molecule has 0 aromatic heterocycles. The molecule has 0 aliphatic rings. The highest BCUT2D eigenvalue weighted by Crippen LogP contribution is 2.32. The largest absolute Gasteiger partial charge is 0.481 e. The van der Waals surface area contributed by atoms with Crippen LogP contribution in [0.25, 0.3) is 0 Å². The van der Waals surface area contributed by atoms with Crippen LogP contribution in [0.1, 0.15) is 25.5 Å². The van der Waals surface area contributed by atoms with Crippen molar-refractivity contribution in [2.75, 3.05) is 0 Å². The molecule has 0 amide bonds. The van der Waals surface area contributed by atoms with Crippen LogP contribution in [0.5, 0.6) is 0 Å². The molecule has 0 saturated carbocycles. The van der Waals surface area contributed by atoms with Crippen LogP contribution in [0.4, 0.5) is 0 Å². The summed E-state index contributed by atoms with van der Waals surface area (Å²) in [7, 11) is 0. The van der Waals surface area contributed by atoms with E-state index in [2.05, 4.69) is 15.9 Å². The average Bonchev–Trinajstić information content (AvgIpc) is 2.26. The molecule has 88 valence electrons. The van der Waals surface area contributed by atoms with Gasteiger partial charge in [-0.3, -0.25) is 4.79 Å². The molecule has 3 atom stereocenters. The number of hydrogen-bond donors (Lipinski definition) is 2. The molecule has 16 heavy (non-hydrogen) atoms. The lowest BCUT2D eigenvalue weighted by atomic mass is 9.87. The van der Waals surface area contributed by atoms with Crippen LogP contribution >= 0.6 is 15.9 Å². The lowest BCUT2D eigenvalue weighted by molar-refractivity contribution is -0.144. The van der Waals surface area contributed by atoms with Gasteiger partial charge in [0, 0.05) is 4.47 Å². The van der Waals surface area contributed by atoms with Crippen molar-refractivity contribution in [1.29, 1.82) is 0 Å². The molecule has 0 radical (unpaired) electrons. The molecule has 3 nitrogen and oxygen atoms in total. The Hall–Kier alpha value is -0.870. The van der Waals surface area contributed by atoms with Gasteiger partial charge in [-0.1, -0.05) is 48.0 Å². The summed E-state index contributed by atoms with van der Waals surface area (Å²) in [6.07, 6.45) is -0.776. The third-order valence-electron chi connectivity index (χ3n) is 2.90. The fourth-order valence-electron chi connectivity index (χ4n) is 1.50. The second kappa shape index (κ2) is 5.46. The number of carboxylic acid groups (broad SMARTS) is 1. The minimum absolute atomic E-state index is 0.337. The summed E-state index contributed by atoms with van der Waals surface area (Å²) in [5.74, 6) is -1.81. The molecule has 1 rings (SSSR count). The van der Waals surface area contributed by atoms with E-state index in [1.807, 2.05) is 18.2 Å². The number of carbonyl (C=O) groups is 1. The maximum atomic E-state index is 10.8. The van der Waals surface area contributed by atoms with Gasteiger partial charge in [-0.25, -0.2) is 0 Å². The molecule has 0 aliphatic heterocycles. The predicted molar refractivity (Wildman–Crippen MR) is 65.1 cm³/mol. The van der Waals surface area contributed by atoms with E-state index in [0.717, 1.165) is 10.0 Å². The Kier molecular flexibility index (Phi) is 4.50. The second-order valence-corrected chi connectivity index (χ2v) is 4.81. The number of rotatable bonds is 4. The Labute approximate surface area is 103 Å². The molecule has 0 saturated heterocycles. The number of carboxylic acids is 1. The van der Waals surface area contributed by atoms with Gasteiger partial charge in [0.05, 0.1) is 12.0 Å². The van der Waals surface area contributed by atoms with Crippen molar-refractivity contribution < 1.29 is 15.0 Å². The highest BCUT2D eigenvalue weighted by Gasteiger charge is 2.27. The molecule has 0 bridgehead atoms. The number of aliphatic hydroxyl groups is 1. The van der Waals surface area contributed by atoms with Crippen LogP contribution in [0.3, 0.4) is 0 Å². The zero-order chi connectivity index (χ0) is 12.3. The molecule has 0 fully saturated rings. The van der Waals surface area contributed by atoms with E-state index in [0.29, 0.717) is 0 Å². The number of aliphatic hydroxyl groups excluding tert-OH is 1. The van der Waals surface area contributed by atoms with Gasteiger partial charge >= 0.3 is 5.97 Å². The van der Waals surface area contributed by atoms with E-state index in [1.165, 1.54) is 0 Å². The molecule has 0 spiro atoms. The van der Waals surface area contributed by atoms with Crippen molar-refractivity contribution in [3.63, 3.8) is 0 Å². The SMILES string of the molecule is CC(C(=O)O)C(C)C(O)c1ccccc1Br. The molecular formula is C12H15BrO3. The number of benzene rings is 1. The lowest BCUT2D eigenvalue weighted by Crippen LogP contribution is -2.24. The normalized spacial score (nSPS) is 16.5. The first-order valence-corrected chi connectivity index (χ1v) is 5.89. The molecule has 0 heterocycles. The zero-order valence-electron chi connectivity index (χ0n) is 9.22. The van der Waals surface area contributed by atoms with Gasteiger partial charge in [0.25, 0.3) is 0 Å². The molecule has 3 unspecified atom stereocenters. The van der Waals surface area contributed by atoms with Gasteiger partial charge in [-0.05, 0) is 17.5 Å². The van der Waals surface area contributed by atoms with Crippen LogP contribution in [0.2, 0.25) is 0 Å². The van der Waals surface area contributed by atoms with Gasteiger partial charge in [0.2, 0.25) is 0 Å². The Bertz CT molecular complexity index is 378. The van der Waals surface area contributed by atoms with Crippen molar-refractivity contribution in [2.45, 2.75) is 20.0 Å². The van der Waals surface area contributed by atoms with E-state index in [-0.39, 0.29) is 5.92 Å². The Morgan fingerprint density at radius 3 is 2.38 bits per heavy atom. The fourth-order valence-corrected chi connectivity index (χ4v) is 2.02. The van der Waals surface area contributed by atoms with Crippen LogP contribution in [-0.2, 0) is 4.79 Å². The van der Waals surface area contributed by atoms with Crippen molar-refractivity contribution in [1.82, 2.24) is 0 Å². The van der Waals surface area contributed by atoms with E-state index >= 15 is 0 Å². The Morgan fingerprint density at radius 1 is 1.31 bits per heavy atom. The highest BCUT2D eigenvalue weighted by molar-refractivity contribution is 9.10. The fraction of sp³-hybridized carbons (Fsp3) is 0.417. The van der Waals surface area contributed by atoms with E-state index in [4.69, 9.17) is 5.11 Å². The van der Waals surface area contributed by atoms with Gasteiger partial charge in [0.1, 0.15) is 0 Å². The van der Waals surface area contributed by atoms with Crippen LogP contribution in [-0.4, -0.2) is 16.2 Å². The smallest absolute Gasteiger partial charge is 0.306 e. The maximum absolute atomic E-state index is 10.8. The number of aliphatic carboxylic acids is 1. The number of hydrogen-bond acceptors (Lipinski definition) is 2. The molecular weight excluding hydrogens is 272 g/mol. The summed E-state index contributed by atoms with van der Waals surface area (Å²) in [5, 5.41) is 19.0. The standard InChI is InChI=1S/C12H15BrO3/c1-7(8(2)12(15)16)11(14)9-5-3-4-6-10(9)13/h3-8,11,14H,1-2H3,(H,15,16). The van der Waals surface area contributed by atoms with E-state index in [9.17, 15) is 9.90 Å². The average molecular weight is 287 g/mol. The van der Waals surface area contributed by atoms with Crippen LogP contribution in [0, 0.1) is 11.8 Å². The summed E-state index contributed by atoms with van der Waals surface area (Å²) in [6.45, 7) is 3.34. The summed E-state index contributed by atoms with van der Waals surface area (Å²) >= 11 is 3.34. The van der Waals surface area contributed by atoms with Crippen molar-refractivity contribution in [3.8, 4) is 0 Å². The third kappa shape index (κ3) is 2.83. The number of halogens is 1. The maximum Gasteiger partial charge on any atom is 0.306 e. The first-order valence-electron chi connectivity index (χ1n) is 5.10. The molecule has 1 aromatic carbocycles. The quantitative estimate of drug-likeness (QED) is 0.895. The van der Waals surface area contributed by atoms with Gasteiger partial charge in [-0.15, -0.1) is 0 Å². The Balaban J connectivity index is 2.90. The van der Waals surface area contributed by atoms with Crippen LogP contribution in [0.15, 0.2) is 28.7 Å². The summed E-state index contributed by atoms with van der Waals surface area (Å²) in [6, 6.07) is 7.30.